The Balaban J connectivity index is 2.88. The number of hydrogen-bond donors (Lipinski definition) is 0. The molecule has 0 aliphatic rings. The van der Waals surface area contributed by atoms with Gasteiger partial charge in [0.25, 0.3) is 0 Å². The van der Waals surface area contributed by atoms with Gasteiger partial charge in [0.2, 0.25) is 0 Å². The molecule has 1 unspecified atom stereocenters. The lowest BCUT2D eigenvalue weighted by molar-refractivity contribution is -0.167. The number of hydrogen-bond acceptors (Lipinski definition) is 2. The fourth-order valence-corrected chi connectivity index (χ4v) is 2.46. The molecule has 1 atom stereocenters. The van der Waals surface area contributed by atoms with Gasteiger partial charge in [-0.3, -0.25) is 0 Å². The molecule has 0 saturated heterocycles. The third-order valence-corrected chi connectivity index (χ3v) is 3.43. The van der Waals surface area contributed by atoms with E-state index >= 15 is 0 Å². The van der Waals surface area contributed by atoms with E-state index in [1.165, 1.54) is 16.4 Å². The van der Waals surface area contributed by atoms with Gasteiger partial charge in [-0.05, 0) is 26.1 Å². The third kappa shape index (κ3) is 2.77. The van der Waals surface area contributed by atoms with Crippen LogP contribution in [0.15, 0.2) is 18.2 Å². The molecule has 0 aliphatic heterocycles. The first-order chi connectivity index (χ1) is 6.15. The minimum Gasteiger partial charge on any atom is -0.236 e. The molecular formula is C10H15O2P. The Hall–Kier alpha value is -0.430. The predicted octanol–water partition coefficient (Wildman–Crippen LogP) is 2.53. The second kappa shape index (κ2) is 4.71. The molecule has 1 aromatic rings. The lowest BCUT2D eigenvalue weighted by Crippen LogP contribution is -2.06. The molecule has 72 valence electrons. The van der Waals surface area contributed by atoms with Crippen LogP contribution in [0.1, 0.15) is 11.1 Å². The van der Waals surface area contributed by atoms with Crippen LogP contribution in [0.5, 0.6) is 0 Å². The average molecular weight is 198 g/mol. The summed E-state index contributed by atoms with van der Waals surface area (Å²) in [5.41, 5.74) is 2.55. The zero-order valence-electron chi connectivity index (χ0n) is 8.50. The zero-order chi connectivity index (χ0) is 9.84. The van der Waals surface area contributed by atoms with Crippen LogP contribution in [-0.4, -0.2) is 13.8 Å². The molecule has 0 spiro atoms. The van der Waals surface area contributed by atoms with Crippen LogP contribution < -0.4 is 5.30 Å². The highest BCUT2D eigenvalue weighted by molar-refractivity contribution is 7.60. The van der Waals surface area contributed by atoms with Gasteiger partial charge in [0.15, 0.2) is 0 Å². The number of rotatable bonds is 3. The molecule has 0 radical (unpaired) electrons. The quantitative estimate of drug-likeness (QED) is 0.422. The lowest BCUT2D eigenvalue weighted by Gasteiger charge is -2.12. The summed E-state index contributed by atoms with van der Waals surface area (Å²) in [5, 5.41) is 1.24. The molecule has 13 heavy (non-hydrogen) atoms. The summed E-state index contributed by atoms with van der Waals surface area (Å²) in [6.45, 7) is 6.22. The number of benzene rings is 1. The highest BCUT2D eigenvalue weighted by atomic mass is 31.1. The fraction of sp³-hybridized carbons (Fsp3) is 0.400. The first kappa shape index (κ1) is 10.6. The van der Waals surface area contributed by atoms with Gasteiger partial charge < -0.3 is 0 Å². The van der Waals surface area contributed by atoms with Crippen LogP contribution in [0.2, 0.25) is 0 Å². The van der Waals surface area contributed by atoms with Crippen molar-refractivity contribution in [2.24, 2.45) is 0 Å². The van der Waals surface area contributed by atoms with Crippen LogP contribution in [0, 0.1) is 13.8 Å². The second-order valence-electron chi connectivity index (χ2n) is 3.03. The maximum Gasteiger partial charge on any atom is 0.0991 e. The second-order valence-corrected chi connectivity index (χ2v) is 4.65. The van der Waals surface area contributed by atoms with E-state index < -0.39 is 8.15 Å². The summed E-state index contributed by atoms with van der Waals surface area (Å²) in [6, 6.07) is 6.36. The minimum absolute atomic E-state index is 0.631. The molecule has 1 rings (SSSR count). The molecule has 1 aromatic carbocycles. The molecule has 0 bridgehead atoms. The highest BCUT2D eigenvalue weighted by Gasteiger charge is 2.08. The van der Waals surface area contributed by atoms with Crippen LogP contribution in [-0.2, 0) is 9.56 Å². The van der Waals surface area contributed by atoms with E-state index in [-0.39, 0.29) is 0 Å². The molecule has 0 aliphatic carbocycles. The van der Waals surface area contributed by atoms with Crippen LogP contribution in [0.3, 0.4) is 0 Å². The summed E-state index contributed by atoms with van der Waals surface area (Å²) in [5.74, 6) is 0. The minimum atomic E-state index is -0.631. The van der Waals surface area contributed by atoms with Gasteiger partial charge in [-0.1, -0.05) is 23.8 Å². The summed E-state index contributed by atoms with van der Waals surface area (Å²) in [4.78, 5) is 4.67. The Kier molecular flexibility index (Phi) is 3.86. The van der Waals surface area contributed by atoms with Crippen LogP contribution in [0.4, 0.5) is 0 Å². The Morgan fingerprint density at radius 1 is 1.23 bits per heavy atom. The van der Waals surface area contributed by atoms with Crippen molar-refractivity contribution < 1.29 is 9.56 Å². The van der Waals surface area contributed by atoms with Crippen molar-refractivity contribution in [2.75, 3.05) is 13.8 Å². The molecule has 0 amide bonds. The van der Waals surface area contributed by atoms with Gasteiger partial charge in [0, 0.05) is 5.30 Å². The monoisotopic (exact) mass is 198 g/mol. The van der Waals surface area contributed by atoms with Crippen molar-refractivity contribution in [1.29, 1.82) is 0 Å². The van der Waals surface area contributed by atoms with Crippen molar-refractivity contribution in [2.45, 2.75) is 13.8 Å². The van der Waals surface area contributed by atoms with Crippen molar-refractivity contribution in [1.82, 2.24) is 0 Å². The largest absolute Gasteiger partial charge is 0.236 e. The van der Waals surface area contributed by atoms with Gasteiger partial charge in [0.05, 0.1) is 15.3 Å². The molecule has 0 N–H and O–H groups in total. The Morgan fingerprint density at radius 2 is 1.92 bits per heavy atom. The normalized spacial score (nSPS) is 12.9. The van der Waals surface area contributed by atoms with E-state index in [1.54, 1.807) is 7.11 Å². The van der Waals surface area contributed by atoms with Gasteiger partial charge in [-0.2, -0.15) is 0 Å². The summed E-state index contributed by atoms with van der Waals surface area (Å²) in [7, 11) is 0.913. The molecule has 0 aromatic heterocycles. The Morgan fingerprint density at radius 3 is 2.46 bits per heavy atom. The fourth-order valence-electron chi connectivity index (χ4n) is 1.31. The maximum atomic E-state index is 5.11. The highest BCUT2D eigenvalue weighted by Crippen LogP contribution is 2.32. The maximum absolute atomic E-state index is 5.11. The van der Waals surface area contributed by atoms with Crippen molar-refractivity contribution in [3.05, 3.63) is 29.3 Å². The van der Waals surface area contributed by atoms with Crippen molar-refractivity contribution >= 4 is 13.5 Å². The standard InChI is InChI=1S/C10H15O2P/c1-8-5-6-10(9(2)7-8)13(4)12-11-3/h5-7H,1-4H3. The topological polar surface area (TPSA) is 18.5 Å². The SMILES string of the molecule is COOP(C)c1ccc(C)cc1C. The summed E-state index contributed by atoms with van der Waals surface area (Å²) in [6.07, 6.45) is 0. The Labute approximate surface area is 80.6 Å². The molecule has 3 heteroatoms. The molecule has 0 saturated carbocycles. The van der Waals surface area contributed by atoms with Gasteiger partial charge in [-0.25, -0.2) is 9.56 Å². The van der Waals surface area contributed by atoms with E-state index in [0.717, 1.165) is 0 Å². The van der Waals surface area contributed by atoms with Crippen LogP contribution >= 0.6 is 8.15 Å². The number of aryl methyl sites for hydroxylation is 2. The zero-order valence-corrected chi connectivity index (χ0v) is 9.39. The molecular weight excluding hydrogens is 183 g/mol. The van der Waals surface area contributed by atoms with Gasteiger partial charge in [-0.15, -0.1) is 0 Å². The van der Waals surface area contributed by atoms with Crippen molar-refractivity contribution in [3.63, 3.8) is 0 Å². The first-order valence-corrected chi connectivity index (χ1v) is 5.87. The van der Waals surface area contributed by atoms with E-state index in [9.17, 15) is 0 Å². The molecule has 0 heterocycles. The van der Waals surface area contributed by atoms with Crippen LogP contribution in [0.25, 0.3) is 0 Å². The predicted molar refractivity (Wildman–Crippen MR) is 56.5 cm³/mol. The summed E-state index contributed by atoms with van der Waals surface area (Å²) < 4.78 is 5.11. The smallest absolute Gasteiger partial charge is 0.0991 e. The van der Waals surface area contributed by atoms with E-state index in [0.29, 0.717) is 0 Å². The molecule has 0 fully saturated rings. The van der Waals surface area contributed by atoms with E-state index in [2.05, 4.69) is 36.9 Å². The van der Waals surface area contributed by atoms with Gasteiger partial charge in [0.1, 0.15) is 0 Å². The van der Waals surface area contributed by atoms with Gasteiger partial charge >= 0.3 is 0 Å². The first-order valence-electron chi connectivity index (χ1n) is 4.17. The Bertz CT molecular complexity index is 286. The average Bonchev–Trinajstić information content (AvgIpc) is 2.04. The molecule has 2 nitrogen and oxygen atoms in total. The van der Waals surface area contributed by atoms with E-state index in [1.807, 2.05) is 6.66 Å². The third-order valence-electron chi connectivity index (χ3n) is 1.88. The van der Waals surface area contributed by atoms with Crippen molar-refractivity contribution in [3.8, 4) is 0 Å². The summed E-state index contributed by atoms with van der Waals surface area (Å²) >= 11 is 0. The lowest BCUT2D eigenvalue weighted by atomic mass is 10.2. The van der Waals surface area contributed by atoms with E-state index in [4.69, 9.17) is 4.67 Å².